The molecule has 3 rings (SSSR count). The number of carbonyl (C=O) groups excluding carboxylic acids is 1. The van der Waals surface area contributed by atoms with Crippen molar-refractivity contribution in [3.63, 3.8) is 0 Å². The van der Waals surface area contributed by atoms with Crippen molar-refractivity contribution in [1.82, 2.24) is 4.90 Å². The molecule has 1 fully saturated rings. The van der Waals surface area contributed by atoms with Crippen molar-refractivity contribution in [2.75, 3.05) is 13.7 Å². The Labute approximate surface area is 128 Å². The lowest BCUT2D eigenvalue weighted by Crippen LogP contribution is -2.36. The van der Waals surface area contributed by atoms with Gasteiger partial charge >= 0.3 is 5.97 Å². The second-order valence-corrected chi connectivity index (χ2v) is 5.64. The highest BCUT2D eigenvalue weighted by Gasteiger charge is 2.37. The molecule has 0 amide bonds. The molecule has 116 valence electrons. The van der Waals surface area contributed by atoms with Gasteiger partial charge in [-0.3, -0.25) is 9.69 Å². The summed E-state index contributed by atoms with van der Waals surface area (Å²) >= 11 is 0. The molecule has 22 heavy (non-hydrogen) atoms. The van der Waals surface area contributed by atoms with Crippen LogP contribution in [0.3, 0.4) is 0 Å². The number of rotatable bonds is 3. The Bertz CT molecular complexity index is 700. The average Bonchev–Trinajstić information content (AvgIpc) is 2.90. The molecule has 0 bridgehead atoms. The number of phenolic OH excluding ortho intramolecular Hbond substituents is 1. The summed E-state index contributed by atoms with van der Waals surface area (Å²) in [5, 5.41) is 22.1. The number of esters is 1. The summed E-state index contributed by atoms with van der Waals surface area (Å²) in [5.74, 6) is -0.153. The third-order valence-corrected chi connectivity index (χ3v) is 4.23. The van der Waals surface area contributed by atoms with E-state index < -0.39 is 12.1 Å². The van der Waals surface area contributed by atoms with E-state index in [9.17, 15) is 15.0 Å². The molecule has 1 aliphatic heterocycles. The number of ether oxygens (including phenoxy) is 1. The second kappa shape index (κ2) is 5.94. The van der Waals surface area contributed by atoms with E-state index in [4.69, 9.17) is 4.74 Å². The third kappa shape index (κ3) is 2.65. The number of fused-ring (bicyclic) bond motifs is 1. The van der Waals surface area contributed by atoms with Crippen LogP contribution in [0.25, 0.3) is 10.8 Å². The average molecular weight is 301 g/mol. The maximum absolute atomic E-state index is 11.9. The van der Waals surface area contributed by atoms with Crippen LogP contribution in [0.5, 0.6) is 5.75 Å². The number of phenols is 1. The van der Waals surface area contributed by atoms with Crippen LogP contribution in [-0.2, 0) is 16.1 Å². The Kier molecular flexibility index (Phi) is 4.00. The number of aliphatic hydroxyl groups is 1. The van der Waals surface area contributed by atoms with Crippen LogP contribution in [0.4, 0.5) is 0 Å². The Balaban J connectivity index is 1.95. The largest absolute Gasteiger partial charge is 0.508 e. The number of β-amino-alcohol motifs (C(OH)–C–C–N with tert-alkyl or cyclic N) is 1. The normalized spacial score (nSPS) is 22.1. The second-order valence-electron chi connectivity index (χ2n) is 5.64. The lowest BCUT2D eigenvalue weighted by Gasteiger charge is -2.23. The summed E-state index contributed by atoms with van der Waals surface area (Å²) in [6.07, 6.45) is -0.195. The van der Waals surface area contributed by atoms with Crippen molar-refractivity contribution in [2.24, 2.45) is 0 Å². The lowest BCUT2D eigenvalue weighted by molar-refractivity contribution is -0.146. The molecular weight excluding hydrogens is 282 g/mol. The van der Waals surface area contributed by atoms with Crippen molar-refractivity contribution >= 4 is 16.7 Å². The number of likely N-dealkylation sites (tertiary alicyclic amines) is 1. The molecule has 1 heterocycles. The molecule has 2 N–H and O–H groups in total. The first-order chi connectivity index (χ1) is 10.6. The van der Waals surface area contributed by atoms with E-state index in [-0.39, 0.29) is 11.7 Å². The minimum Gasteiger partial charge on any atom is -0.508 e. The summed E-state index contributed by atoms with van der Waals surface area (Å²) in [6.45, 7) is 0.784. The quantitative estimate of drug-likeness (QED) is 0.844. The molecule has 2 atom stereocenters. The van der Waals surface area contributed by atoms with E-state index in [1.807, 2.05) is 35.2 Å². The Hall–Kier alpha value is -2.11. The standard InChI is InChI=1S/C17H19NO4/c1-22-17(21)15-8-12(19)9-18(15)10-14-13-5-3-2-4-11(13)6-7-16(14)20/h2-7,12,15,19-20H,8-10H2,1H3/t12-,15+/m1/s1. The molecule has 0 saturated carbocycles. The van der Waals surface area contributed by atoms with Crippen molar-refractivity contribution in [3.05, 3.63) is 42.0 Å². The summed E-state index contributed by atoms with van der Waals surface area (Å²) in [4.78, 5) is 13.7. The summed E-state index contributed by atoms with van der Waals surface area (Å²) in [7, 11) is 1.35. The summed E-state index contributed by atoms with van der Waals surface area (Å²) in [6, 6.07) is 10.8. The van der Waals surface area contributed by atoms with E-state index in [2.05, 4.69) is 0 Å². The molecule has 0 radical (unpaired) electrons. The molecule has 2 aromatic rings. The molecular formula is C17H19NO4. The number of benzene rings is 2. The van der Waals surface area contributed by atoms with Crippen LogP contribution in [0.2, 0.25) is 0 Å². The van der Waals surface area contributed by atoms with Gasteiger partial charge in [0, 0.05) is 25.1 Å². The number of hydrogen-bond donors (Lipinski definition) is 2. The van der Waals surface area contributed by atoms with Gasteiger partial charge in [-0.1, -0.05) is 30.3 Å². The van der Waals surface area contributed by atoms with Crippen LogP contribution >= 0.6 is 0 Å². The van der Waals surface area contributed by atoms with Crippen molar-refractivity contribution in [3.8, 4) is 5.75 Å². The highest BCUT2D eigenvalue weighted by molar-refractivity contribution is 5.87. The zero-order valence-electron chi connectivity index (χ0n) is 12.4. The molecule has 0 aliphatic carbocycles. The maximum atomic E-state index is 11.9. The number of hydrogen-bond acceptors (Lipinski definition) is 5. The smallest absolute Gasteiger partial charge is 0.323 e. The highest BCUT2D eigenvalue weighted by atomic mass is 16.5. The molecule has 0 unspecified atom stereocenters. The van der Waals surface area contributed by atoms with E-state index in [1.54, 1.807) is 6.07 Å². The van der Waals surface area contributed by atoms with Gasteiger partial charge < -0.3 is 14.9 Å². The molecule has 2 aromatic carbocycles. The van der Waals surface area contributed by atoms with Gasteiger partial charge in [0.15, 0.2) is 0 Å². The molecule has 0 aromatic heterocycles. The fourth-order valence-corrected chi connectivity index (χ4v) is 3.13. The predicted molar refractivity (Wildman–Crippen MR) is 82.5 cm³/mol. The van der Waals surface area contributed by atoms with Crippen LogP contribution in [0.15, 0.2) is 36.4 Å². The molecule has 5 heteroatoms. The first-order valence-corrected chi connectivity index (χ1v) is 7.29. The number of methoxy groups -OCH3 is 1. The number of aliphatic hydroxyl groups excluding tert-OH is 1. The first kappa shape index (κ1) is 14.8. The summed E-state index contributed by atoms with van der Waals surface area (Å²) < 4.78 is 4.81. The Morgan fingerprint density at radius 2 is 2.09 bits per heavy atom. The number of nitrogens with zero attached hydrogens (tertiary/aromatic N) is 1. The fourth-order valence-electron chi connectivity index (χ4n) is 3.13. The van der Waals surface area contributed by atoms with E-state index in [0.29, 0.717) is 19.5 Å². The van der Waals surface area contributed by atoms with Crippen LogP contribution < -0.4 is 0 Å². The van der Waals surface area contributed by atoms with Gasteiger partial charge in [0.05, 0.1) is 13.2 Å². The van der Waals surface area contributed by atoms with Crippen LogP contribution in [0, 0.1) is 0 Å². The Morgan fingerprint density at radius 1 is 1.32 bits per heavy atom. The van der Waals surface area contributed by atoms with Gasteiger partial charge in [-0.2, -0.15) is 0 Å². The van der Waals surface area contributed by atoms with Crippen molar-refractivity contribution < 1.29 is 19.7 Å². The van der Waals surface area contributed by atoms with Crippen molar-refractivity contribution in [1.29, 1.82) is 0 Å². The van der Waals surface area contributed by atoms with Gasteiger partial charge in [0.25, 0.3) is 0 Å². The van der Waals surface area contributed by atoms with E-state index in [1.165, 1.54) is 7.11 Å². The number of aromatic hydroxyl groups is 1. The zero-order chi connectivity index (χ0) is 15.7. The topological polar surface area (TPSA) is 70.0 Å². The van der Waals surface area contributed by atoms with E-state index >= 15 is 0 Å². The van der Waals surface area contributed by atoms with Crippen LogP contribution in [0.1, 0.15) is 12.0 Å². The monoisotopic (exact) mass is 301 g/mol. The number of carbonyl (C=O) groups is 1. The minimum atomic E-state index is -0.554. The van der Waals surface area contributed by atoms with Crippen LogP contribution in [-0.4, -0.2) is 46.9 Å². The maximum Gasteiger partial charge on any atom is 0.323 e. The molecule has 1 aliphatic rings. The van der Waals surface area contributed by atoms with E-state index in [0.717, 1.165) is 16.3 Å². The van der Waals surface area contributed by atoms with Gasteiger partial charge in [-0.25, -0.2) is 0 Å². The minimum absolute atomic E-state index is 0.198. The third-order valence-electron chi connectivity index (χ3n) is 4.23. The molecule has 1 saturated heterocycles. The van der Waals surface area contributed by atoms with Gasteiger partial charge in [0.1, 0.15) is 11.8 Å². The fraction of sp³-hybridized carbons (Fsp3) is 0.353. The Morgan fingerprint density at radius 3 is 2.86 bits per heavy atom. The van der Waals surface area contributed by atoms with Gasteiger partial charge in [-0.15, -0.1) is 0 Å². The highest BCUT2D eigenvalue weighted by Crippen LogP contribution is 2.31. The SMILES string of the molecule is COC(=O)[C@@H]1C[C@@H](O)CN1Cc1c(O)ccc2ccccc12. The first-order valence-electron chi connectivity index (χ1n) is 7.29. The molecule has 5 nitrogen and oxygen atoms in total. The lowest BCUT2D eigenvalue weighted by atomic mass is 10.0. The van der Waals surface area contributed by atoms with Gasteiger partial charge in [0.2, 0.25) is 0 Å². The zero-order valence-corrected chi connectivity index (χ0v) is 12.4. The van der Waals surface area contributed by atoms with Gasteiger partial charge in [-0.05, 0) is 16.8 Å². The van der Waals surface area contributed by atoms with Crippen molar-refractivity contribution in [2.45, 2.75) is 25.1 Å². The molecule has 0 spiro atoms. The summed E-state index contributed by atoms with van der Waals surface area (Å²) in [5.41, 5.74) is 0.765. The predicted octanol–water partition coefficient (Wildman–Crippen LogP) is 1.65.